The number of benzene rings is 2. The maximum absolute atomic E-state index is 14.5. The Hall–Kier alpha value is -3.61. The molecule has 2 aromatic rings. The molecule has 11 nitrogen and oxygen atoms in total. The largest absolute Gasteiger partial charge is 0.457 e. The summed E-state index contributed by atoms with van der Waals surface area (Å²) in [5.74, 6) is -4.30. The van der Waals surface area contributed by atoms with E-state index < -0.39 is 47.3 Å². The van der Waals surface area contributed by atoms with Crippen LogP contribution in [0.4, 0.5) is 4.79 Å². The molecule has 4 atom stereocenters. The number of esters is 1. The third-order valence-corrected chi connectivity index (χ3v) is 9.83. The van der Waals surface area contributed by atoms with Gasteiger partial charge in [-0.05, 0) is 57.2 Å². The van der Waals surface area contributed by atoms with Crippen molar-refractivity contribution in [3.63, 3.8) is 0 Å². The monoisotopic (exact) mass is 701 g/mol. The molecule has 4 amide bonds. The van der Waals surface area contributed by atoms with Crippen LogP contribution in [-0.4, -0.2) is 89.6 Å². The minimum absolute atomic E-state index is 0. The molecule has 2 heterocycles. The molecule has 262 valence electrons. The number of carbonyl (C=O) groups is 5. The fourth-order valence-electron chi connectivity index (χ4n) is 5.86. The van der Waals surface area contributed by atoms with Crippen LogP contribution in [0.15, 0.2) is 60.7 Å². The molecule has 2 aromatic carbocycles. The van der Waals surface area contributed by atoms with Crippen molar-refractivity contribution < 1.29 is 28.7 Å². The Labute approximate surface area is 293 Å². The maximum atomic E-state index is 14.5. The molecule has 0 saturated carbocycles. The van der Waals surface area contributed by atoms with E-state index in [9.17, 15) is 24.0 Å². The van der Waals surface area contributed by atoms with Gasteiger partial charge in [-0.1, -0.05) is 74.5 Å². The highest BCUT2D eigenvalue weighted by Crippen LogP contribution is 2.41. The number of halogens is 1. The molecule has 0 aliphatic carbocycles. The van der Waals surface area contributed by atoms with Crippen molar-refractivity contribution in [2.45, 2.75) is 76.7 Å². The summed E-state index contributed by atoms with van der Waals surface area (Å²) in [7, 11) is 1.91. The van der Waals surface area contributed by atoms with Gasteiger partial charge in [0.2, 0.25) is 11.8 Å². The molecule has 3 N–H and O–H groups in total. The zero-order valence-corrected chi connectivity index (χ0v) is 29.9. The van der Waals surface area contributed by atoms with E-state index in [4.69, 9.17) is 4.74 Å². The average molecular weight is 702 g/mol. The Morgan fingerprint density at radius 3 is 2.08 bits per heavy atom. The quantitative estimate of drug-likeness (QED) is 0.172. The first kappa shape index (κ1) is 38.8. The number of ketones is 1. The number of thioether (sulfide) groups is 1. The number of likely N-dealkylation sites (tertiary alicyclic amines) is 1. The van der Waals surface area contributed by atoms with Crippen LogP contribution in [0.1, 0.15) is 57.0 Å². The fraction of sp³-hybridized carbons (Fsp3) is 0.514. The van der Waals surface area contributed by atoms with Crippen LogP contribution in [0.5, 0.6) is 0 Å². The smallest absolute Gasteiger partial charge is 0.375 e. The Balaban J connectivity index is 0.00000625. The van der Waals surface area contributed by atoms with Gasteiger partial charge >= 0.3 is 12.0 Å². The number of nitrogens with one attached hydrogen (secondary N) is 3. The van der Waals surface area contributed by atoms with Crippen molar-refractivity contribution in [2.24, 2.45) is 11.8 Å². The second kappa shape index (κ2) is 18.2. The Morgan fingerprint density at radius 2 is 1.52 bits per heavy atom. The highest BCUT2D eigenvalue weighted by Gasteiger charge is 2.45. The number of hydrogen-bond donors (Lipinski definition) is 3. The summed E-state index contributed by atoms with van der Waals surface area (Å²) in [6.45, 7) is 8.18. The lowest BCUT2D eigenvalue weighted by Gasteiger charge is -2.37. The highest BCUT2D eigenvalue weighted by molar-refractivity contribution is 7.99. The molecule has 48 heavy (non-hydrogen) atoms. The second-order valence-corrected chi connectivity index (χ2v) is 13.8. The van der Waals surface area contributed by atoms with Gasteiger partial charge in [0.25, 0.3) is 5.78 Å². The number of amides is 4. The standard InChI is InChI=1S/C35H47N5O6S.ClH/c1-22(2)29(38-35(45)39-18-16-26(36-5)17-19-39)32(43)40-28(21-47-33(40)25-14-10-7-11-15-25)37-31(42)27(20-24-12-8-6-9-13-24)30(41)34(44)46-23(3)4;/h6-15,22-23,26-29,33,36H,16-21H2,1-5H3,(H,37,42)(H,38,45);1H/t27-,28+,29-,33+;/m0./s1. The molecule has 2 aliphatic heterocycles. The summed E-state index contributed by atoms with van der Waals surface area (Å²) >= 11 is 1.48. The number of Topliss-reactive ketones (excluding diaryl/α,β-unsaturated/α-hetero) is 1. The first-order chi connectivity index (χ1) is 22.5. The summed E-state index contributed by atoms with van der Waals surface area (Å²) in [5, 5.41) is 8.72. The van der Waals surface area contributed by atoms with Crippen LogP contribution in [0, 0.1) is 11.8 Å². The normalized spacial score (nSPS) is 19.3. The van der Waals surface area contributed by atoms with Crippen molar-refractivity contribution >= 4 is 53.8 Å². The van der Waals surface area contributed by atoms with Crippen molar-refractivity contribution in [3.05, 3.63) is 71.8 Å². The molecule has 2 fully saturated rings. The first-order valence-corrected chi connectivity index (χ1v) is 17.4. The van der Waals surface area contributed by atoms with Gasteiger partial charge in [0.1, 0.15) is 23.5 Å². The lowest BCUT2D eigenvalue weighted by Crippen LogP contribution is -2.59. The molecule has 13 heteroatoms. The minimum Gasteiger partial charge on any atom is -0.457 e. The Morgan fingerprint density at radius 1 is 0.917 bits per heavy atom. The van der Waals surface area contributed by atoms with Crippen LogP contribution < -0.4 is 16.0 Å². The van der Waals surface area contributed by atoms with E-state index in [0.717, 1.165) is 18.4 Å². The molecular formula is C35H48ClN5O6S. The number of carbonyl (C=O) groups excluding carboxylic acids is 5. The van der Waals surface area contributed by atoms with Crippen LogP contribution in [0.3, 0.4) is 0 Å². The number of rotatable bonds is 12. The summed E-state index contributed by atoms with van der Waals surface area (Å²) in [6.07, 6.45) is 0.302. The van der Waals surface area contributed by atoms with Gasteiger partial charge in [-0.25, -0.2) is 9.59 Å². The molecule has 0 spiro atoms. The van der Waals surface area contributed by atoms with Gasteiger partial charge in [0.05, 0.1) is 6.10 Å². The molecule has 0 unspecified atom stereocenters. The summed E-state index contributed by atoms with van der Waals surface area (Å²) < 4.78 is 5.16. The number of nitrogens with zero attached hydrogens (tertiary/aromatic N) is 2. The van der Waals surface area contributed by atoms with Crippen LogP contribution >= 0.6 is 24.2 Å². The third-order valence-electron chi connectivity index (χ3n) is 8.51. The van der Waals surface area contributed by atoms with Gasteiger partial charge in [-0.2, -0.15) is 0 Å². The summed E-state index contributed by atoms with van der Waals surface area (Å²) in [5.41, 5.74) is 1.57. The van der Waals surface area contributed by atoms with E-state index >= 15 is 0 Å². The van der Waals surface area contributed by atoms with E-state index in [1.807, 2.05) is 57.3 Å². The van der Waals surface area contributed by atoms with Crippen molar-refractivity contribution in [3.8, 4) is 0 Å². The summed E-state index contributed by atoms with van der Waals surface area (Å²) in [4.78, 5) is 71.2. The third kappa shape index (κ3) is 9.96. The van der Waals surface area contributed by atoms with Gasteiger partial charge < -0.3 is 30.5 Å². The molecule has 0 bridgehead atoms. The molecule has 0 radical (unpaired) electrons. The Kier molecular flexibility index (Phi) is 14.8. The van der Waals surface area contributed by atoms with Crippen LogP contribution in [-0.2, 0) is 30.3 Å². The van der Waals surface area contributed by atoms with Gasteiger partial charge in [0.15, 0.2) is 0 Å². The maximum Gasteiger partial charge on any atom is 0.375 e. The molecule has 4 rings (SSSR count). The molecular weight excluding hydrogens is 654 g/mol. The van der Waals surface area contributed by atoms with Crippen LogP contribution in [0.25, 0.3) is 0 Å². The van der Waals surface area contributed by atoms with Crippen molar-refractivity contribution in [2.75, 3.05) is 25.9 Å². The molecule has 2 saturated heterocycles. The minimum atomic E-state index is -1.36. The zero-order valence-electron chi connectivity index (χ0n) is 28.2. The van der Waals surface area contributed by atoms with Crippen molar-refractivity contribution in [1.29, 1.82) is 0 Å². The van der Waals surface area contributed by atoms with E-state index in [2.05, 4.69) is 16.0 Å². The Bertz CT molecular complexity index is 1390. The van der Waals surface area contributed by atoms with Gasteiger partial charge in [-0.15, -0.1) is 24.2 Å². The predicted octanol–water partition coefficient (Wildman–Crippen LogP) is 3.92. The number of urea groups is 1. The lowest BCUT2D eigenvalue weighted by molar-refractivity contribution is -0.160. The first-order valence-electron chi connectivity index (χ1n) is 16.3. The van der Waals surface area contributed by atoms with Crippen LogP contribution in [0.2, 0.25) is 0 Å². The SMILES string of the molecule is CNC1CCN(C(=O)N[C@H](C(=O)N2[C@@H](NC(=O)[C@@H](Cc3ccccc3)C(=O)C(=O)OC(C)C)CS[C@@H]2c2ccccc2)C(C)C)CC1.Cl. The van der Waals surface area contributed by atoms with Gasteiger partial charge in [-0.3, -0.25) is 14.4 Å². The predicted molar refractivity (Wildman–Crippen MR) is 188 cm³/mol. The van der Waals surface area contributed by atoms with E-state index in [1.54, 1.807) is 47.9 Å². The van der Waals surface area contributed by atoms with E-state index in [0.29, 0.717) is 30.4 Å². The van der Waals surface area contributed by atoms with Crippen molar-refractivity contribution in [1.82, 2.24) is 25.8 Å². The average Bonchev–Trinajstić information content (AvgIpc) is 3.49. The highest BCUT2D eigenvalue weighted by atomic mass is 35.5. The molecule has 2 aliphatic rings. The van der Waals surface area contributed by atoms with E-state index in [-0.39, 0.29) is 36.7 Å². The fourth-order valence-corrected chi connectivity index (χ4v) is 7.23. The van der Waals surface area contributed by atoms with E-state index in [1.165, 1.54) is 11.8 Å². The zero-order chi connectivity index (χ0) is 34.1. The second-order valence-electron chi connectivity index (χ2n) is 12.6. The topological polar surface area (TPSA) is 137 Å². The van der Waals surface area contributed by atoms with Gasteiger partial charge in [0, 0.05) is 24.9 Å². The summed E-state index contributed by atoms with van der Waals surface area (Å²) in [6, 6.07) is 17.7. The lowest BCUT2D eigenvalue weighted by atomic mass is 9.94. The number of ether oxygens (including phenoxy) is 1. The number of hydrogen-bond acceptors (Lipinski definition) is 8. The number of piperidine rings is 1. The molecule has 0 aromatic heterocycles.